The second kappa shape index (κ2) is 6.12. The molecule has 8 heteroatoms. The zero-order valence-corrected chi connectivity index (χ0v) is 12.8. The maximum absolute atomic E-state index is 13.7. The number of rotatable bonds is 4. The Morgan fingerprint density at radius 3 is 2.12 bits per heavy atom. The molecule has 5 nitrogen and oxygen atoms in total. The lowest BCUT2D eigenvalue weighted by atomic mass is 10.0. The first-order chi connectivity index (χ1) is 11.8. The maximum Gasteiger partial charge on any atom is 0.240 e. The van der Waals surface area contributed by atoms with Gasteiger partial charge in [0.2, 0.25) is 11.8 Å². The van der Waals surface area contributed by atoms with Crippen molar-refractivity contribution in [3.8, 4) is 5.75 Å². The number of benzene rings is 2. The summed E-state index contributed by atoms with van der Waals surface area (Å²) >= 11 is 0. The van der Waals surface area contributed by atoms with E-state index in [1.807, 2.05) is 0 Å². The van der Waals surface area contributed by atoms with Crippen LogP contribution >= 0.6 is 0 Å². The summed E-state index contributed by atoms with van der Waals surface area (Å²) < 4.78 is 39.9. The van der Waals surface area contributed by atoms with Crippen molar-refractivity contribution >= 4 is 23.2 Å². The lowest BCUT2D eigenvalue weighted by Gasteiger charge is -2.16. The molecule has 0 unspecified atom stereocenters. The Bertz CT molecular complexity index is 849. The average Bonchev–Trinajstić information content (AvgIpc) is 3.36. The Labute approximate surface area is 140 Å². The normalized spacial score (nSPS) is 14.7. The van der Waals surface area contributed by atoms with Gasteiger partial charge in [0.1, 0.15) is 11.2 Å². The van der Waals surface area contributed by atoms with Crippen molar-refractivity contribution in [3.63, 3.8) is 0 Å². The predicted octanol–water partition coefficient (Wildman–Crippen LogP) is 3.17. The summed E-state index contributed by atoms with van der Waals surface area (Å²) in [5.41, 5.74) is -1.55. The zero-order chi connectivity index (χ0) is 18.2. The van der Waals surface area contributed by atoms with Gasteiger partial charge in [0, 0.05) is 17.8 Å². The largest absolute Gasteiger partial charge is 0.505 e. The quantitative estimate of drug-likeness (QED) is 0.585. The van der Waals surface area contributed by atoms with Gasteiger partial charge in [0.25, 0.3) is 0 Å². The van der Waals surface area contributed by atoms with Gasteiger partial charge >= 0.3 is 0 Å². The third-order valence-corrected chi connectivity index (χ3v) is 4.01. The molecule has 0 bridgehead atoms. The van der Waals surface area contributed by atoms with E-state index >= 15 is 0 Å². The summed E-state index contributed by atoms with van der Waals surface area (Å²) in [6, 6.07) is 6.17. The molecule has 3 N–H and O–H groups in total. The maximum atomic E-state index is 13.7. The lowest BCUT2D eigenvalue weighted by molar-refractivity contribution is -0.131. The molecule has 0 heterocycles. The number of nitrogens with one attached hydrogen (secondary N) is 2. The van der Waals surface area contributed by atoms with Gasteiger partial charge < -0.3 is 15.7 Å². The number of anilines is 2. The highest BCUT2D eigenvalue weighted by atomic mass is 19.1. The standard InChI is InChI=1S/C17H13F3N2O3/c18-9-1-3-10(4-2-9)21-15(24)17(5-6-17)16(25)22-13-7-12(20)14(23)8-11(13)19/h1-4,7-8,23H,5-6H2,(H,21,24)(H,22,25). The van der Waals surface area contributed by atoms with E-state index in [1.54, 1.807) is 0 Å². The molecule has 130 valence electrons. The number of hydrogen-bond donors (Lipinski definition) is 3. The molecule has 1 aliphatic rings. The minimum atomic E-state index is -1.39. The SMILES string of the molecule is O=C(Nc1ccc(F)cc1)C1(C(=O)Nc2cc(F)c(O)cc2F)CC1. The van der Waals surface area contributed by atoms with Crippen LogP contribution in [0.1, 0.15) is 12.8 Å². The lowest BCUT2D eigenvalue weighted by Crippen LogP contribution is -2.35. The van der Waals surface area contributed by atoms with Crippen LogP contribution in [0.4, 0.5) is 24.5 Å². The first-order valence-electron chi connectivity index (χ1n) is 7.38. The molecule has 0 spiro atoms. The topological polar surface area (TPSA) is 78.4 Å². The fourth-order valence-electron chi connectivity index (χ4n) is 2.34. The highest BCUT2D eigenvalue weighted by Gasteiger charge is 2.56. The molecule has 0 radical (unpaired) electrons. The molecule has 0 atom stereocenters. The number of phenolic OH excluding ortho intramolecular Hbond substituents is 1. The summed E-state index contributed by atoms with van der Waals surface area (Å²) in [6.45, 7) is 0. The Balaban J connectivity index is 1.74. The molecule has 25 heavy (non-hydrogen) atoms. The number of amides is 2. The first-order valence-corrected chi connectivity index (χ1v) is 7.38. The Morgan fingerprint density at radius 2 is 1.52 bits per heavy atom. The number of halogens is 3. The van der Waals surface area contributed by atoms with Gasteiger partial charge in [-0.05, 0) is 37.1 Å². The van der Waals surface area contributed by atoms with Crippen molar-refractivity contribution in [1.82, 2.24) is 0 Å². The number of carbonyl (C=O) groups is 2. The van der Waals surface area contributed by atoms with E-state index in [2.05, 4.69) is 10.6 Å². The van der Waals surface area contributed by atoms with E-state index in [1.165, 1.54) is 12.1 Å². The minimum Gasteiger partial charge on any atom is -0.505 e. The molecule has 1 fully saturated rings. The number of hydrogen-bond acceptors (Lipinski definition) is 3. The monoisotopic (exact) mass is 350 g/mol. The van der Waals surface area contributed by atoms with E-state index in [-0.39, 0.29) is 12.8 Å². The van der Waals surface area contributed by atoms with Gasteiger partial charge in [-0.25, -0.2) is 13.2 Å². The van der Waals surface area contributed by atoms with Crippen molar-refractivity contribution in [3.05, 3.63) is 53.8 Å². The average molecular weight is 350 g/mol. The van der Waals surface area contributed by atoms with Crippen LogP contribution in [-0.4, -0.2) is 16.9 Å². The van der Waals surface area contributed by atoms with Crippen LogP contribution in [0.3, 0.4) is 0 Å². The molecule has 1 saturated carbocycles. The molecule has 3 rings (SSSR count). The highest BCUT2D eigenvalue weighted by Crippen LogP contribution is 2.47. The van der Waals surface area contributed by atoms with Gasteiger partial charge in [-0.15, -0.1) is 0 Å². The van der Waals surface area contributed by atoms with Crippen molar-refractivity contribution in [2.24, 2.45) is 5.41 Å². The Hall–Kier alpha value is -3.03. The Kier molecular flexibility index (Phi) is 4.12. The van der Waals surface area contributed by atoms with Crippen LogP contribution in [0.15, 0.2) is 36.4 Å². The highest BCUT2D eigenvalue weighted by molar-refractivity contribution is 6.16. The third-order valence-electron chi connectivity index (χ3n) is 4.01. The molecular formula is C17H13F3N2O3. The fourth-order valence-corrected chi connectivity index (χ4v) is 2.34. The summed E-state index contributed by atoms with van der Waals surface area (Å²) in [7, 11) is 0. The second-order valence-electron chi connectivity index (χ2n) is 5.78. The predicted molar refractivity (Wildman–Crippen MR) is 83.3 cm³/mol. The fraction of sp³-hybridized carbons (Fsp3) is 0.176. The van der Waals surface area contributed by atoms with Crippen LogP contribution in [0, 0.1) is 22.9 Å². The summed E-state index contributed by atoms with van der Waals surface area (Å²) in [5, 5.41) is 13.8. The number of carbonyl (C=O) groups excluding carboxylic acids is 2. The molecule has 2 amide bonds. The first kappa shape index (κ1) is 16.8. The summed E-state index contributed by atoms with van der Waals surface area (Å²) in [4.78, 5) is 24.7. The zero-order valence-electron chi connectivity index (χ0n) is 12.8. The van der Waals surface area contributed by atoms with Crippen molar-refractivity contribution < 1.29 is 27.9 Å². The van der Waals surface area contributed by atoms with E-state index < -0.39 is 46.1 Å². The molecular weight excluding hydrogens is 337 g/mol. The molecule has 2 aromatic rings. The van der Waals surface area contributed by atoms with Crippen LogP contribution in [-0.2, 0) is 9.59 Å². The van der Waals surface area contributed by atoms with E-state index in [0.29, 0.717) is 17.8 Å². The molecule has 0 aliphatic heterocycles. The molecule has 2 aromatic carbocycles. The van der Waals surface area contributed by atoms with Crippen molar-refractivity contribution in [2.45, 2.75) is 12.8 Å². The van der Waals surface area contributed by atoms with E-state index in [0.717, 1.165) is 12.1 Å². The van der Waals surface area contributed by atoms with E-state index in [9.17, 15) is 22.8 Å². The van der Waals surface area contributed by atoms with Crippen molar-refractivity contribution in [2.75, 3.05) is 10.6 Å². The molecule has 1 aliphatic carbocycles. The van der Waals surface area contributed by atoms with Gasteiger partial charge in [-0.2, -0.15) is 0 Å². The molecule has 0 aromatic heterocycles. The second-order valence-corrected chi connectivity index (χ2v) is 5.78. The Morgan fingerprint density at radius 1 is 0.920 bits per heavy atom. The molecule has 0 saturated heterocycles. The smallest absolute Gasteiger partial charge is 0.240 e. The van der Waals surface area contributed by atoms with E-state index in [4.69, 9.17) is 5.11 Å². The van der Waals surface area contributed by atoms with Gasteiger partial charge in [0.05, 0.1) is 5.69 Å². The van der Waals surface area contributed by atoms with Crippen molar-refractivity contribution in [1.29, 1.82) is 0 Å². The van der Waals surface area contributed by atoms with Crippen LogP contribution in [0.2, 0.25) is 0 Å². The third kappa shape index (κ3) is 3.28. The van der Waals surface area contributed by atoms with Gasteiger partial charge in [0.15, 0.2) is 17.4 Å². The summed E-state index contributed by atoms with van der Waals surface area (Å²) in [6.07, 6.45) is 0.488. The van der Waals surface area contributed by atoms with Gasteiger partial charge in [-0.1, -0.05) is 0 Å². The van der Waals surface area contributed by atoms with Crippen LogP contribution in [0.5, 0.6) is 5.75 Å². The summed E-state index contributed by atoms with van der Waals surface area (Å²) in [5.74, 6) is -4.88. The minimum absolute atomic E-state index is 0.244. The van der Waals surface area contributed by atoms with Gasteiger partial charge in [-0.3, -0.25) is 9.59 Å². The van der Waals surface area contributed by atoms with Crippen LogP contribution < -0.4 is 10.6 Å². The number of phenols is 1. The van der Waals surface area contributed by atoms with Crippen LogP contribution in [0.25, 0.3) is 0 Å². The number of aromatic hydroxyl groups is 1.